The summed E-state index contributed by atoms with van der Waals surface area (Å²) in [6.07, 6.45) is 3.30. The number of hydrogen-bond acceptors (Lipinski definition) is 3. The maximum Gasteiger partial charge on any atom is 0.253 e. The van der Waals surface area contributed by atoms with E-state index in [1.807, 2.05) is 4.90 Å². The fourth-order valence-corrected chi connectivity index (χ4v) is 2.96. The predicted octanol–water partition coefficient (Wildman–Crippen LogP) is 1.92. The van der Waals surface area contributed by atoms with Crippen molar-refractivity contribution in [2.75, 3.05) is 39.3 Å². The first kappa shape index (κ1) is 19.7. The third kappa shape index (κ3) is 5.68. The topological polar surface area (TPSA) is 52.7 Å². The van der Waals surface area contributed by atoms with Crippen LogP contribution < -0.4 is 5.32 Å². The molecule has 2 aliphatic rings. The normalized spacial score (nSPS) is 17.6. The van der Waals surface area contributed by atoms with Crippen molar-refractivity contribution in [1.82, 2.24) is 15.1 Å². The Morgan fingerprint density at radius 2 is 1.68 bits per heavy atom. The summed E-state index contributed by atoms with van der Waals surface area (Å²) in [4.78, 5) is 28.3. The lowest BCUT2D eigenvalue weighted by Crippen LogP contribution is -2.41. The van der Waals surface area contributed by atoms with Crippen LogP contribution in [0, 0.1) is 11.7 Å². The fourth-order valence-electron chi connectivity index (χ4n) is 2.96. The van der Waals surface area contributed by atoms with Crippen molar-refractivity contribution in [3.05, 3.63) is 35.6 Å². The Kier molecular flexibility index (Phi) is 7.20. The molecule has 1 saturated carbocycles. The Morgan fingerprint density at radius 1 is 1.04 bits per heavy atom. The Labute approximate surface area is 154 Å². The van der Waals surface area contributed by atoms with Gasteiger partial charge in [0.1, 0.15) is 5.82 Å². The lowest BCUT2D eigenvalue weighted by molar-refractivity contribution is -0.130. The highest BCUT2D eigenvalue weighted by Gasteiger charge is 2.24. The standard InChI is InChI=1S/C18H24FN3O2.ClH/c19-16-6-4-15(5-7-16)18(24)22-9-1-8-21(10-11-22)17(23)13-20-12-14-2-3-14;/h4-7,14,20H,1-3,8-13H2;1H. The molecule has 0 aromatic heterocycles. The molecule has 0 bridgehead atoms. The average Bonchev–Trinajstić information content (AvgIpc) is 3.41. The van der Waals surface area contributed by atoms with E-state index in [1.54, 1.807) is 4.90 Å². The number of nitrogens with zero attached hydrogens (tertiary/aromatic N) is 2. The van der Waals surface area contributed by atoms with Crippen LogP contribution in [0.25, 0.3) is 0 Å². The molecular weight excluding hydrogens is 345 g/mol. The van der Waals surface area contributed by atoms with Gasteiger partial charge in [0, 0.05) is 31.7 Å². The van der Waals surface area contributed by atoms with Crippen LogP contribution in [0.15, 0.2) is 24.3 Å². The first-order chi connectivity index (χ1) is 11.6. The molecule has 3 rings (SSSR count). The molecule has 1 aliphatic carbocycles. The van der Waals surface area contributed by atoms with Crippen LogP contribution in [0.2, 0.25) is 0 Å². The van der Waals surface area contributed by atoms with Crippen molar-refractivity contribution in [2.45, 2.75) is 19.3 Å². The number of hydrogen-bond donors (Lipinski definition) is 1. The Hall–Kier alpha value is -1.66. The molecule has 7 heteroatoms. The smallest absolute Gasteiger partial charge is 0.253 e. The van der Waals surface area contributed by atoms with E-state index in [0.29, 0.717) is 38.3 Å². The van der Waals surface area contributed by atoms with Gasteiger partial charge in [-0.3, -0.25) is 9.59 Å². The summed E-state index contributed by atoms with van der Waals surface area (Å²) < 4.78 is 13.0. The number of benzene rings is 1. The fraction of sp³-hybridized carbons (Fsp3) is 0.556. The van der Waals surface area contributed by atoms with Gasteiger partial charge in [-0.25, -0.2) is 4.39 Å². The number of carbonyl (C=O) groups is 2. The van der Waals surface area contributed by atoms with Gasteiger partial charge in [-0.05, 0) is 56.0 Å². The van der Waals surface area contributed by atoms with E-state index < -0.39 is 0 Å². The lowest BCUT2D eigenvalue weighted by atomic mass is 10.2. The predicted molar refractivity (Wildman–Crippen MR) is 96.3 cm³/mol. The largest absolute Gasteiger partial charge is 0.340 e. The SMILES string of the molecule is Cl.O=C(CNCC1CC1)N1CCCN(C(=O)c2ccc(F)cc2)CC1. The molecule has 1 heterocycles. The van der Waals surface area contributed by atoms with Crippen molar-refractivity contribution in [3.63, 3.8) is 0 Å². The monoisotopic (exact) mass is 369 g/mol. The number of nitrogens with one attached hydrogen (secondary N) is 1. The lowest BCUT2D eigenvalue weighted by Gasteiger charge is -2.22. The van der Waals surface area contributed by atoms with Crippen LogP contribution >= 0.6 is 12.4 Å². The second-order valence-electron chi connectivity index (χ2n) is 6.61. The maximum atomic E-state index is 13.0. The van der Waals surface area contributed by atoms with Gasteiger partial charge in [0.05, 0.1) is 6.54 Å². The molecule has 25 heavy (non-hydrogen) atoms. The molecule has 1 N–H and O–H groups in total. The van der Waals surface area contributed by atoms with E-state index >= 15 is 0 Å². The van der Waals surface area contributed by atoms with E-state index in [2.05, 4.69) is 5.32 Å². The minimum atomic E-state index is -0.349. The molecule has 2 fully saturated rings. The maximum absolute atomic E-state index is 13.0. The van der Waals surface area contributed by atoms with Gasteiger partial charge < -0.3 is 15.1 Å². The number of rotatable bonds is 5. The van der Waals surface area contributed by atoms with Crippen molar-refractivity contribution in [2.24, 2.45) is 5.92 Å². The van der Waals surface area contributed by atoms with Crippen LogP contribution in [0.4, 0.5) is 4.39 Å². The third-order valence-electron chi connectivity index (χ3n) is 4.63. The summed E-state index contributed by atoms with van der Waals surface area (Å²) in [5.74, 6) is 0.409. The molecule has 1 aromatic carbocycles. The molecule has 0 atom stereocenters. The Morgan fingerprint density at radius 3 is 2.36 bits per heavy atom. The van der Waals surface area contributed by atoms with Crippen LogP contribution in [0.3, 0.4) is 0 Å². The molecule has 1 aromatic rings. The van der Waals surface area contributed by atoms with Gasteiger partial charge in [0.2, 0.25) is 5.91 Å². The molecule has 0 radical (unpaired) electrons. The minimum Gasteiger partial charge on any atom is -0.340 e. The van der Waals surface area contributed by atoms with Gasteiger partial charge in [-0.15, -0.1) is 12.4 Å². The molecule has 1 aliphatic heterocycles. The van der Waals surface area contributed by atoms with Gasteiger partial charge in [0.25, 0.3) is 5.91 Å². The summed E-state index contributed by atoms with van der Waals surface area (Å²) in [6, 6.07) is 5.61. The van der Waals surface area contributed by atoms with E-state index in [4.69, 9.17) is 0 Å². The van der Waals surface area contributed by atoms with E-state index in [9.17, 15) is 14.0 Å². The van der Waals surface area contributed by atoms with Gasteiger partial charge in [-0.2, -0.15) is 0 Å². The Balaban J connectivity index is 0.00000225. The van der Waals surface area contributed by atoms with Crippen molar-refractivity contribution >= 4 is 24.2 Å². The summed E-state index contributed by atoms with van der Waals surface area (Å²) in [7, 11) is 0. The van der Waals surface area contributed by atoms with Gasteiger partial charge in [-0.1, -0.05) is 0 Å². The van der Waals surface area contributed by atoms with Crippen molar-refractivity contribution in [1.29, 1.82) is 0 Å². The highest BCUT2D eigenvalue weighted by molar-refractivity contribution is 5.94. The zero-order valence-corrected chi connectivity index (χ0v) is 15.1. The van der Waals surface area contributed by atoms with Crippen LogP contribution in [-0.2, 0) is 4.79 Å². The van der Waals surface area contributed by atoms with Crippen LogP contribution in [0.5, 0.6) is 0 Å². The molecule has 2 amide bonds. The molecular formula is C18H25ClFN3O2. The molecule has 138 valence electrons. The molecule has 0 unspecified atom stereocenters. The minimum absolute atomic E-state index is 0. The van der Waals surface area contributed by atoms with E-state index in [-0.39, 0.29) is 30.0 Å². The first-order valence-electron chi connectivity index (χ1n) is 8.67. The summed E-state index contributed by atoms with van der Waals surface area (Å²) in [5.41, 5.74) is 0.488. The van der Waals surface area contributed by atoms with E-state index in [1.165, 1.54) is 37.1 Å². The number of amides is 2. The van der Waals surface area contributed by atoms with Crippen molar-refractivity contribution < 1.29 is 14.0 Å². The zero-order valence-electron chi connectivity index (χ0n) is 14.2. The van der Waals surface area contributed by atoms with Crippen molar-refractivity contribution in [3.8, 4) is 0 Å². The summed E-state index contributed by atoms with van der Waals surface area (Å²) in [5, 5.41) is 3.22. The molecule has 1 saturated heterocycles. The summed E-state index contributed by atoms with van der Waals surface area (Å²) in [6.45, 7) is 3.67. The second kappa shape index (κ2) is 9.15. The molecule has 5 nitrogen and oxygen atoms in total. The van der Waals surface area contributed by atoms with Gasteiger partial charge in [0.15, 0.2) is 0 Å². The summed E-state index contributed by atoms with van der Waals surface area (Å²) >= 11 is 0. The third-order valence-corrected chi connectivity index (χ3v) is 4.63. The number of carbonyl (C=O) groups excluding carboxylic acids is 2. The quantitative estimate of drug-likeness (QED) is 0.862. The highest BCUT2D eigenvalue weighted by atomic mass is 35.5. The second-order valence-corrected chi connectivity index (χ2v) is 6.61. The zero-order chi connectivity index (χ0) is 16.9. The Bertz CT molecular complexity index is 592. The first-order valence-corrected chi connectivity index (χ1v) is 8.67. The number of halogens is 2. The average molecular weight is 370 g/mol. The highest BCUT2D eigenvalue weighted by Crippen LogP contribution is 2.27. The van der Waals surface area contributed by atoms with Crippen LogP contribution in [-0.4, -0.2) is 60.9 Å². The van der Waals surface area contributed by atoms with E-state index in [0.717, 1.165) is 18.9 Å². The van der Waals surface area contributed by atoms with Crippen LogP contribution in [0.1, 0.15) is 29.6 Å². The van der Waals surface area contributed by atoms with Gasteiger partial charge >= 0.3 is 0 Å². The molecule has 0 spiro atoms.